The Morgan fingerprint density at radius 2 is 2.00 bits per heavy atom. The molecule has 0 aromatic heterocycles. The minimum atomic E-state index is -0.935. The van der Waals surface area contributed by atoms with Crippen LogP contribution >= 0.6 is 11.6 Å². The summed E-state index contributed by atoms with van der Waals surface area (Å²) in [7, 11) is 0. The summed E-state index contributed by atoms with van der Waals surface area (Å²) in [5, 5.41) is 12.8. The quantitative estimate of drug-likeness (QED) is 0.377. The third-order valence-electron chi connectivity index (χ3n) is 7.48. The zero-order valence-electron chi connectivity index (χ0n) is 21.1. The average molecular weight is 543 g/mol. The molecule has 2 aliphatic rings. The molecular weight excluding hydrogens is 514 g/mol. The molecule has 38 heavy (non-hydrogen) atoms. The minimum absolute atomic E-state index is 0.00114. The van der Waals surface area contributed by atoms with Crippen molar-refractivity contribution in [1.82, 2.24) is 5.32 Å². The molecule has 0 aliphatic carbocycles. The summed E-state index contributed by atoms with van der Waals surface area (Å²) in [6, 6.07) is 13.3. The van der Waals surface area contributed by atoms with Crippen LogP contribution in [0.1, 0.15) is 54.1 Å². The summed E-state index contributed by atoms with van der Waals surface area (Å²) >= 11 is 6.56. The molecule has 3 aromatic carbocycles. The van der Waals surface area contributed by atoms with Crippen molar-refractivity contribution in [2.24, 2.45) is 5.73 Å². The molecule has 2 heterocycles. The van der Waals surface area contributed by atoms with Crippen LogP contribution in [0.3, 0.4) is 0 Å². The van der Waals surface area contributed by atoms with Gasteiger partial charge < -0.3 is 25.6 Å². The third-order valence-corrected chi connectivity index (χ3v) is 7.85. The van der Waals surface area contributed by atoms with Crippen molar-refractivity contribution in [1.29, 1.82) is 0 Å². The van der Waals surface area contributed by atoms with E-state index < -0.39 is 35.2 Å². The normalized spacial score (nSPS) is 23.1. The Labute approximate surface area is 224 Å². The molecule has 0 saturated carbocycles. The molecule has 0 unspecified atom stereocenters. The van der Waals surface area contributed by atoms with Gasteiger partial charge in [0.1, 0.15) is 18.2 Å². The van der Waals surface area contributed by atoms with Crippen LogP contribution < -0.4 is 20.5 Å². The highest BCUT2D eigenvalue weighted by molar-refractivity contribution is 6.34. The van der Waals surface area contributed by atoms with Gasteiger partial charge in [-0.25, -0.2) is 8.78 Å². The first-order chi connectivity index (χ1) is 18.2. The van der Waals surface area contributed by atoms with Crippen molar-refractivity contribution >= 4 is 17.5 Å². The number of hydrogen-bond donors (Lipinski definition) is 3. The second-order valence-electron chi connectivity index (χ2n) is 9.92. The van der Waals surface area contributed by atoms with Crippen molar-refractivity contribution in [2.45, 2.75) is 50.4 Å². The van der Waals surface area contributed by atoms with Crippen molar-refractivity contribution in [2.75, 3.05) is 13.2 Å². The number of ether oxygens (including phenoxy) is 2. The van der Waals surface area contributed by atoms with Crippen LogP contribution in [0.5, 0.6) is 11.5 Å². The second-order valence-corrected chi connectivity index (χ2v) is 10.3. The molecule has 4 N–H and O–H groups in total. The van der Waals surface area contributed by atoms with E-state index in [1.165, 1.54) is 25.1 Å². The largest absolute Gasteiger partial charge is 0.488 e. The van der Waals surface area contributed by atoms with Gasteiger partial charge in [0.25, 0.3) is 0 Å². The average Bonchev–Trinajstić information content (AvgIpc) is 3.52. The molecule has 2 aliphatic heterocycles. The Kier molecular flexibility index (Phi) is 7.07. The van der Waals surface area contributed by atoms with Crippen LogP contribution in [0.2, 0.25) is 5.02 Å². The van der Waals surface area contributed by atoms with E-state index in [4.69, 9.17) is 26.8 Å². The number of aliphatic hydroxyl groups excluding tert-OH is 1. The van der Waals surface area contributed by atoms with E-state index in [0.717, 1.165) is 24.9 Å². The molecule has 0 bridgehead atoms. The number of fused-ring (bicyclic) bond motifs is 1. The van der Waals surface area contributed by atoms with E-state index in [2.05, 4.69) is 5.32 Å². The lowest BCUT2D eigenvalue weighted by Crippen LogP contribution is -2.50. The third kappa shape index (κ3) is 4.21. The minimum Gasteiger partial charge on any atom is -0.488 e. The number of carbonyl (C=O) groups is 1. The molecule has 1 amide bonds. The molecule has 0 spiro atoms. The zero-order valence-corrected chi connectivity index (χ0v) is 21.8. The Hall–Kier alpha value is -3.20. The molecular formula is C29H29ClF2N2O4. The first-order valence-electron chi connectivity index (χ1n) is 12.6. The summed E-state index contributed by atoms with van der Waals surface area (Å²) in [5.41, 5.74) is 5.62. The van der Waals surface area contributed by atoms with Gasteiger partial charge in [0, 0.05) is 28.7 Å². The molecule has 5 rings (SSSR count). The summed E-state index contributed by atoms with van der Waals surface area (Å²) in [4.78, 5) is 12.5. The molecule has 3 aromatic rings. The SMILES string of the molecule is C[C@H](O)COc1ccc(C(N)=O)c(-c2c(Cl)c(F)cc3c2[C@H](C)[C@](c2ccccc2)([C@@H]2CCCN2)O3)c1F. The summed E-state index contributed by atoms with van der Waals surface area (Å²) in [6.45, 7) is 4.04. The van der Waals surface area contributed by atoms with E-state index in [1.54, 1.807) is 0 Å². The Morgan fingerprint density at radius 3 is 2.63 bits per heavy atom. The van der Waals surface area contributed by atoms with Gasteiger partial charge in [0.05, 0.1) is 22.7 Å². The molecule has 1 fully saturated rings. The summed E-state index contributed by atoms with van der Waals surface area (Å²) in [6.07, 6.45) is 0.897. The van der Waals surface area contributed by atoms with Crippen LogP contribution in [0.25, 0.3) is 11.1 Å². The highest BCUT2D eigenvalue weighted by Crippen LogP contribution is 2.58. The fraction of sp³-hybridized carbons (Fsp3) is 0.345. The van der Waals surface area contributed by atoms with E-state index >= 15 is 8.78 Å². The Balaban J connectivity index is 1.77. The van der Waals surface area contributed by atoms with Gasteiger partial charge in [-0.3, -0.25) is 4.79 Å². The number of benzene rings is 3. The standard InChI is InChI=1S/C29H29ClF2N2O4/c1-15(35)14-37-20-11-10-18(28(33)36)24(27(20)32)25-23-16(2)29(22-9-6-12-34-22,17-7-4-3-5-8-17)38-21(23)13-19(31)26(25)30/h3-5,7-8,10-11,13,15-16,22,34-35H,6,9,12,14H2,1-2H3,(H2,33,36)/t15-,16-,22-,29-/m0/s1. The lowest BCUT2D eigenvalue weighted by Gasteiger charge is -2.39. The van der Waals surface area contributed by atoms with E-state index in [0.29, 0.717) is 5.56 Å². The molecule has 200 valence electrons. The predicted molar refractivity (Wildman–Crippen MR) is 141 cm³/mol. The number of nitrogens with one attached hydrogen (secondary N) is 1. The summed E-state index contributed by atoms with van der Waals surface area (Å²) < 4.78 is 43.6. The van der Waals surface area contributed by atoms with Gasteiger partial charge in [0.2, 0.25) is 5.91 Å². The van der Waals surface area contributed by atoms with Gasteiger partial charge in [-0.1, -0.05) is 48.9 Å². The highest BCUT2D eigenvalue weighted by Gasteiger charge is 2.55. The fourth-order valence-electron chi connectivity index (χ4n) is 5.82. The van der Waals surface area contributed by atoms with Crippen LogP contribution in [-0.2, 0) is 5.60 Å². The van der Waals surface area contributed by atoms with Gasteiger partial charge in [-0.15, -0.1) is 0 Å². The van der Waals surface area contributed by atoms with Crippen molar-refractivity contribution in [3.05, 3.63) is 81.9 Å². The number of amides is 1. The van der Waals surface area contributed by atoms with E-state index in [1.807, 2.05) is 37.3 Å². The van der Waals surface area contributed by atoms with E-state index in [9.17, 15) is 9.90 Å². The number of aliphatic hydroxyl groups is 1. The summed E-state index contributed by atoms with van der Waals surface area (Å²) in [5.74, 6) is -3.09. The van der Waals surface area contributed by atoms with Gasteiger partial charge in [-0.2, -0.15) is 0 Å². The zero-order chi connectivity index (χ0) is 27.2. The fourth-order valence-corrected chi connectivity index (χ4v) is 6.07. The smallest absolute Gasteiger partial charge is 0.249 e. The number of primary amides is 1. The lowest BCUT2D eigenvalue weighted by atomic mass is 9.73. The lowest BCUT2D eigenvalue weighted by molar-refractivity contribution is 0.0333. The maximum atomic E-state index is 16.1. The molecule has 4 atom stereocenters. The number of halogens is 3. The van der Waals surface area contributed by atoms with Crippen LogP contribution in [0.15, 0.2) is 48.5 Å². The van der Waals surface area contributed by atoms with Crippen LogP contribution in [0, 0.1) is 11.6 Å². The van der Waals surface area contributed by atoms with Gasteiger partial charge >= 0.3 is 0 Å². The number of carbonyl (C=O) groups excluding carboxylic acids is 1. The predicted octanol–water partition coefficient (Wildman–Crippen LogP) is 5.29. The molecule has 9 heteroatoms. The van der Waals surface area contributed by atoms with Crippen molar-refractivity contribution < 1.29 is 28.2 Å². The number of hydrogen-bond acceptors (Lipinski definition) is 5. The molecule has 6 nitrogen and oxygen atoms in total. The first-order valence-corrected chi connectivity index (χ1v) is 13.0. The molecule has 1 saturated heterocycles. The van der Waals surface area contributed by atoms with Crippen LogP contribution in [0.4, 0.5) is 8.78 Å². The van der Waals surface area contributed by atoms with E-state index in [-0.39, 0.29) is 45.9 Å². The van der Waals surface area contributed by atoms with Gasteiger partial charge in [0.15, 0.2) is 17.2 Å². The monoisotopic (exact) mass is 542 g/mol. The Morgan fingerprint density at radius 1 is 1.26 bits per heavy atom. The number of rotatable bonds is 7. The van der Waals surface area contributed by atoms with Crippen molar-refractivity contribution in [3.63, 3.8) is 0 Å². The van der Waals surface area contributed by atoms with Crippen LogP contribution in [-0.4, -0.2) is 36.3 Å². The maximum Gasteiger partial charge on any atom is 0.249 e. The van der Waals surface area contributed by atoms with Crippen molar-refractivity contribution in [3.8, 4) is 22.6 Å². The Bertz CT molecular complexity index is 1380. The first kappa shape index (κ1) is 26.4. The second kappa shape index (κ2) is 10.2. The topological polar surface area (TPSA) is 93.8 Å². The highest BCUT2D eigenvalue weighted by atomic mass is 35.5. The number of nitrogens with two attached hydrogens (primary N) is 1. The maximum absolute atomic E-state index is 16.1. The van der Waals surface area contributed by atoms with Gasteiger partial charge in [-0.05, 0) is 44.0 Å². The molecule has 0 radical (unpaired) electrons.